The highest BCUT2D eigenvalue weighted by atomic mass is 19.1. The third-order valence-electron chi connectivity index (χ3n) is 1.87. The van der Waals surface area contributed by atoms with Crippen LogP contribution < -0.4 is 0 Å². The molecule has 0 bridgehead atoms. The minimum atomic E-state index is -1.14. The summed E-state index contributed by atoms with van der Waals surface area (Å²) in [6, 6.07) is 4.35. The molecule has 0 spiro atoms. The molecule has 3 heteroatoms. The molecule has 72 valence electrons. The fourth-order valence-electron chi connectivity index (χ4n) is 1.16. The molecule has 1 rings (SSSR count). The minimum Gasteiger partial charge on any atom is -0.508 e. The molecule has 0 amide bonds. The van der Waals surface area contributed by atoms with E-state index in [4.69, 9.17) is 0 Å². The number of aromatic hydroxyl groups is 1. The summed E-state index contributed by atoms with van der Waals surface area (Å²) in [6.07, 6.45) is 0. The van der Waals surface area contributed by atoms with E-state index in [1.54, 1.807) is 13.8 Å². The van der Waals surface area contributed by atoms with Crippen molar-refractivity contribution in [3.05, 3.63) is 29.3 Å². The molecule has 1 aromatic rings. The van der Waals surface area contributed by atoms with Gasteiger partial charge >= 0.3 is 0 Å². The van der Waals surface area contributed by atoms with Gasteiger partial charge in [0.25, 0.3) is 0 Å². The monoisotopic (exact) mass is 184 g/mol. The lowest BCUT2D eigenvalue weighted by molar-refractivity contribution is 0.0757. The van der Waals surface area contributed by atoms with E-state index in [1.165, 1.54) is 18.2 Å². The van der Waals surface area contributed by atoms with Crippen molar-refractivity contribution in [2.75, 3.05) is 0 Å². The molecule has 0 saturated heterocycles. The van der Waals surface area contributed by atoms with Crippen LogP contribution in [0.2, 0.25) is 0 Å². The van der Waals surface area contributed by atoms with Crippen molar-refractivity contribution in [3.8, 4) is 5.75 Å². The van der Waals surface area contributed by atoms with Crippen molar-refractivity contribution < 1.29 is 14.6 Å². The molecular formula is C10H13FO2. The molecule has 1 aromatic carbocycles. The van der Waals surface area contributed by atoms with E-state index in [-0.39, 0.29) is 5.75 Å². The SMILES string of the molecule is CC(C)(O)c1cc(CF)ccc1O. The Kier molecular flexibility index (Phi) is 2.57. The third-order valence-corrected chi connectivity index (χ3v) is 1.87. The summed E-state index contributed by atoms with van der Waals surface area (Å²) in [6.45, 7) is 2.50. The summed E-state index contributed by atoms with van der Waals surface area (Å²) in [7, 11) is 0. The van der Waals surface area contributed by atoms with Gasteiger partial charge in [-0.1, -0.05) is 6.07 Å². The first-order valence-corrected chi connectivity index (χ1v) is 4.06. The highest BCUT2D eigenvalue weighted by Gasteiger charge is 2.20. The van der Waals surface area contributed by atoms with E-state index in [0.29, 0.717) is 11.1 Å². The van der Waals surface area contributed by atoms with Gasteiger partial charge in [-0.25, -0.2) is 4.39 Å². The molecule has 0 saturated carbocycles. The van der Waals surface area contributed by atoms with Gasteiger partial charge in [-0.3, -0.25) is 0 Å². The van der Waals surface area contributed by atoms with Crippen molar-refractivity contribution in [2.45, 2.75) is 26.1 Å². The minimum absolute atomic E-state index is 0.00954. The Labute approximate surface area is 76.6 Å². The van der Waals surface area contributed by atoms with Crippen LogP contribution in [0.15, 0.2) is 18.2 Å². The molecule has 0 radical (unpaired) electrons. The Morgan fingerprint density at radius 3 is 2.46 bits per heavy atom. The lowest BCUT2D eigenvalue weighted by atomic mass is 9.96. The van der Waals surface area contributed by atoms with Crippen molar-refractivity contribution in [1.82, 2.24) is 0 Å². The summed E-state index contributed by atoms with van der Waals surface area (Å²) in [5.41, 5.74) is -0.340. The van der Waals surface area contributed by atoms with Crippen LogP contribution in [0.3, 0.4) is 0 Å². The molecule has 0 aromatic heterocycles. The maximum Gasteiger partial charge on any atom is 0.121 e. The molecule has 0 fully saturated rings. The average molecular weight is 184 g/mol. The van der Waals surface area contributed by atoms with Crippen LogP contribution in [-0.2, 0) is 12.3 Å². The van der Waals surface area contributed by atoms with Crippen molar-refractivity contribution in [3.63, 3.8) is 0 Å². The number of halogens is 1. The number of phenols is 1. The van der Waals surface area contributed by atoms with Crippen molar-refractivity contribution >= 4 is 0 Å². The van der Waals surface area contributed by atoms with Gasteiger partial charge in [-0.15, -0.1) is 0 Å². The second kappa shape index (κ2) is 3.34. The Hall–Kier alpha value is -1.09. The number of alkyl halides is 1. The predicted molar refractivity (Wildman–Crippen MR) is 48.2 cm³/mol. The van der Waals surface area contributed by atoms with Gasteiger partial charge in [0.05, 0.1) is 5.60 Å². The molecule has 13 heavy (non-hydrogen) atoms. The molecule has 0 heterocycles. The average Bonchev–Trinajstić information content (AvgIpc) is 2.03. The van der Waals surface area contributed by atoms with E-state index >= 15 is 0 Å². The maximum atomic E-state index is 12.3. The molecule has 0 unspecified atom stereocenters. The molecular weight excluding hydrogens is 171 g/mol. The number of hydrogen-bond donors (Lipinski definition) is 2. The Morgan fingerprint density at radius 2 is 2.00 bits per heavy atom. The van der Waals surface area contributed by atoms with Gasteiger partial charge in [0.15, 0.2) is 0 Å². The third kappa shape index (κ3) is 2.18. The topological polar surface area (TPSA) is 40.5 Å². The van der Waals surface area contributed by atoms with Gasteiger partial charge in [-0.05, 0) is 31.5 Å². The van der Waals surface area contributed by atoms with Crippen LogP contribution in [0.1, 0.15) is 25.0 Å². The summed E-state index contributed by atoms with van der Waals surface area (Å²) in [5, 5.41) is 19.0. The van der Waals surface area contributed by atoms with Crippen LogP contribution in [0, 0.1) is 0 Å². The van der Waals surface area contributed by atoms with E-state index in [1.807, 2.05) is 0 Å². The molecule has 0 aliphatic rings. The van der Waals surface area contributed by atoms with Crippen LogP contribution in [0.25, 0.3) is 0 Å². The lowest BCUT2D eigenvalue weighted by Crippen LogP contribution is -2.15. The van der Waals surface area contributed by atoms with E-state index in [2.05, 4.69) is 0 Å². The number of hydrogen-bond acceptors (Lipinski definition) is 2. The van der Waals surface area contributed by atoms with Crippen LogP contribution in [0.4, 0.5) is 4.39 Å². The first kappa shape index (κ1) is 9.99. The Morgan fingerprint density at radius 1 is 1.38 bits per heavy atom. The van der Waals surface area contributed by atoms with Crippen LogP contribution in [0.5, 0.6) is 5.75 Å². The normalized spacial score (nSPS) is 11.7. The standard InChI is InChI=1S/C10H13FO2/c1-10(2,13)8-5-7(6-11)3-4-9(8)12/h3-5,12-13H,6H2,1-2H3. The van der Waals surface area contributed by atoms with E-state index in [9.17, 15) is 14.6 Å². The van der Waals surface area contributed by atoms with Crippen LogP contribution in [-0.4, -0.2) is 10.2 Å². The zero-order valence-electron chi connectivity index (χ0n) is 7.71. The summed E-state index contributed by atoms with van der Waals surface area (Å²) >= 11 is 0. The fourth-order valence-corrected chi connectivity index (χ4v) is 1.16. The zero-order chi connectivity index (χ0) is 10.1. The van der Waals surface area contributed by atoms with Gasteiger partial charge in [-0.2, -0.15) is 0 Å². The smallest absolute Gasteiger partial charge is 0.121 e. The summed E-state index contributed by atoms with van der Waals surface area (Å²) in [5.74, 6) is -0.00954. The highest BCUT2D eigenvalue weighted by molar-refractivity contribution is 5.39. The van der Waals surface area contributed by atoms with Gasteiger partial charge < -0.3 is 10.2 Å². The second-order valence-corrected chi connectivity index (χ2v) is 3.54. The Bertz CT molecular complexity index is 302. The van der Waals surface area contributed by atoms with Gasteiger partial charge in [0.1, 0.15) is 12.4 Å². The van der Waals surface area contributed by atoms with E-state index in [0.717, 1.165) is 0 Å². The zero-order valence-corrected chi connectivity index (χ0v) is 7.71. The fraction of sp³-hybridized carbons (Fsp3) is 0.400. The Balaban J connectivity index is 3.19. The van der Waals surface area contributed by atoms with Crippen molar-refractivity contribution in [1.29, 1.82) is 0 Å². The molecule has 0 aliphatic heterocycles. The first-order chi connectivity index (χ1) is 5.95. The van der Waals surface area contributed by atoms with Gasteiger partial charge in [0.2, 0.25) is 0 Å². The number of rotatable bonds is 2. The van der Waals surface area contributed by atoms with Gasteiger partial charge in [0, 0.05) is 5.56 Å². The predicted octanol–water partition coefficient (Wildman–Crippen LogP) is 2.09. The molecule has 2 N–H and O–H groups in total. The quantitative estimate of drug-likeness (QED) is 0.738. The summed E-state index contributed by atoms with van der Waals surface area (Å²) < 4.78 is 12.3. The van der Waals surface area contributed by atoms with Crippen LogP contribution >= 0.6 is 0 Å². The first-order valence-electron chi connectivity index (χ1n) is 4.06. The second-order valence-electron chi connectivity index (χ2n) is 3.54. The highest BCUT2D eigenvalue weighted by Crippen LogP contribution is 2.29. The molecule has 0 atom stereocenters. The summed E-state index contributed by atoms with van der Waals surface area (Å²) in [4.78, 5) is 0. The van der Waals surface area contributed by atoms with E-state index < -0.39 is 12.3 Å². The number of phenolic OH excluding ortho intramolecular Hbond substituents is 1. The van der Waals surface area contributed by atoms with Crippen molar-refractivity contribution in [2.24, 2.45) is 0 Å². The number of aliphatic hydroxyl groups is 1. The molecule has 0 aliphatic carbocycles. The number of benzene rings is 1. The lowest BCUT2D eigenvalue weighted by Gasteiger charge is -2.19. The maximum absolute atomic E-state index is 12.3. The molecule has 2 nitrogen and oxygen atoms in total. The largest absolute Gasteiger partial charge is 0.508 e.